The van der Waals surface area contributed by atoms with Crippen LogP contribution in [0, 0.1) is 0 Å². The number of hydrogen-bond donors (Lipinski definition) is 2. The second-order valence-corrected chi connectivity index (χ2v) is 21.2. The molecular formula is C59H106N2O7P+. The zero-order valence-corrected chi connectivity index (χ0v) is 46.2. The second kappa shape index (κ2) is 48.8. The van der Waals surface area contributed by atoms with Gasteiger partial charge >= 0.3 is 13.8 Å². The molecule has 10 heteroatoms. The van der Waals surface area contributed by atoms with Gasteiger partial charge in [-0.25, -0.2) is 4.57 Å². The molecule has 3 unspecified atom stereocenters. The van der Waals surface area contributed by atoms with Gasteiger partial charge in [-0.3, -0.25) is 18.6 Å². The van der Waals surface area contributed by atoms with Crippen LogP contribution in [0.4, 0.5) is 0 Å². The lowest BCUT2D eigenvalue weighted by Crippen LogP contribution is -2.47. The number of nitrogens with zero attached hydrogens (tertiary/aromatic N) is 1. The van der Waals surface area contributed by atoms with E-state index >= 15 is 0 Å². The van der Waals surface area contributed by atoms with Gasteiger partial charge in [0.25, 0.3) is 0 Å². The largest absolute Gasteiger partial charge is 0.472 e. The van der Waals surface area contributed by atoms with Crippen LogP contribution in [0.3, 0.4) is 0 Å². The maximum Gasteiger partial charge on any atom is 0.472 e. The highest BCUT2D eigenvalue weighted by atomic mass is 31.2. The van der Waals surface area contributed by atoms with Crippen LogP contribution in [-0.2, 0) is 27.9 Å². The summed E-state index contributed by atoms with van der Waals surface area (Å²) in [5, 5.41) is 2.99. The Morgan fingerprint density at radius 3 is 1.39 bits per heavy atom. The Morgan fingerprint density at radius 1 is 0.522 bits per heavy atom. The number of esters is 1. The number of likely N-dealkylation sites (N-methyl/N-ethyl adjacent to an activating group) is 1. The molecule has 0 aromatic carbocycles. The van der Waals surface area contributed by atoms with Crippen LogP contribution in [0.5, 0.6) is 0 Å². The van der Waals surface area contributed by atoms with E-state index in [1.165, 1.54) is 109 Å². The number of nitrogens with one attached hydrogen (secondary N) is 1. The molecule has 0 aliphatic carbocycles. The zero-order chi connectivity index (χ0) is 50.8. The maximum absolute atomic E-state index is 13.4. The smallest absolute Gasteiger partial charge is 0.456 e. The van der Waals surface area contributed by atoms with E-state index in [2.05, 4.69) is 86.8 Å². The minimum Gasteiger partial charge on any atom is -0.456 e. The van der Waals surface area contributed by atoms with Crippen molar-refractivity contribution in [3.63, 3.8) is 0 Å². The first-order chi connectivity index (χ1) is 33.4. The number of rotatable bonds is 49. The van der Waals surface area contributed by atoms with Gasteiger partial charge in [-0.15, -0.1) is 0 Å². The number of phosphoric ester groups is 1. The van der Waals surface area contributed by atoms with E-state index in [-0.39, 0.29) is 37.9 Å². The molecule has 0 aromatic rings. The summed E-state index contributed by atoms with van der Waals surface area (Å²) in [5.41, 5.74) is 0. The predicted octanol–water partition coefficient (Wildman–Crippen LogP) is 16.7. The molecule has 398 valence electrons. The first-order valence-corrected chi connectivity index (χ1v) is 29.4. The topological polar surface area (TPSA) is 111 Å². The van der Waals surface area contributed by atoms with Crippen molar-refractivity contribution in [2.75, 3.05) is 40.9 Å². The SMILES string of the molecule is CC/C=C\C/C=C\C/C=C\C/C=C\C/C=C\C/C=C\CCC(=O)NC(COP(=O)(O)OCC[N+](C)(C)C)C(/C=C\CCCCCCCCCCC)OC(=O)CCCCCCCCCCCCCCC. The quantitative estimate of drug-likeness (QED) is 0.0205. The molecule has 0 aliphatic heterocycles. The third-order valence-corrected chi connectivity index (χ3v) is 12.8. The van der Waals surface area contributed by atoms with Gasteiger partial charge < -0.3 is 19.4 Å². The van der Waals surface area contributed by atoms with Crippen molar-refractivity contribution in [1.29, 1.82) is 0 Å². The summed E-state index contributed by atoms with van der Waals surface area (Å²) < 4.78 is 30.5. The van der Waals surface area contributed by atoms with Crippen molar-refractivity contribution < 1.29 is 37.3 Å². The highest BCUT2D eigenvalue weighted by Crippen LogP contribution is 2.43. The summed E-state index contributed by atoms with van der Waals surface area (Å²) in [4.78, 5) is 37.5. The van der Waals surface area contributed by atoms with E-state index < -0.39 is 20.0 Å². The van der Waals surface area contributed by atoms with Crippen molar-refractivity contribution >= 4 is 19.7 Å². The Labute approximate surface area is 425 Å². The Morgan fingerprint density at radius 2 is 0.942 bits per heavy atom. The van der Waals surface area contributed by atoms with Gasteiger partial charge in [0, 0.05) is 12.8 Å². The van der Waals surface area contributed by atoms with Crippen molar-refractivity contribution in [2.45, 2.75) is 238 Å². The number of amides is 1. The van der Waals surface area contributed by atoms with Gasteiger partial charge in [-0.1, -0.05) is 228 Å². The molecule has 0 rings (SSSR count). The summed E-state index contributed by atoms with van der Waals surface area (Å²) in [6.45, 7) is 6.82. The fourth-order valence-corrected chi connectivity index (χ4v) is 8.29. The van der Waals surface area contributed by atoms with Gasteiger partial charge in [0.1, 0.15) is 19.3 Å². The number of carbonyl (C=O) groups is 2. The van der Waals surface area contributed by atoms with Crippen molar-refractivity contribution in [3.05, 3.63) is 85.1 Å². The van der Waals surface area contributed by atoms with E-state index in [0.717, 1.165) is 77.0 Å². The minimum atomic E-state index is -4.46. The van der Waals surface area contributed by atoms with Gasteiger partial charge in [0.05, 0.1) is 33.8 Å². The minimum absolute atomic E-state index is 0.0242. The summed E-state index contributed by atoms with van der Waals surface area (Å²) in [7, 11) is 1.44. The van der Waals surface area contributed by atoms with Crippen LogP contribution in [0.25, 0.3) is 0 Å². The third kappa shape index (κ3) is 49.9. The Hall–Kier alpha value is -2.81. The van der Waals surface area contributed by atoms with Crippen molar-refractivity contribution in [1.82, 2.24) is 5.32 Å². The van der Waals surface area contributed by atoms with Gasteiger partial charge in [0.15, 0.2) is 0 Å². The Balaban J connectivity index is 5.46. The number of allylic oxidation sites excluding steroid dienone is 13. The number of phosphoric acid groups is 1. The lowest BCUT2D eigenvalue weighted by Gasteiger charge is -2.27. The van der Waals surface area contributed by atoms with E-state index in [1.807, 2.05) is 45.4 Å². The first kappa shape index (κ1) is 66.2. The number of unbranched alkanes of at least 4 members (excludes halogenated alkanes) is 21. The predicted molar refractivity (Wildman–Crippen MR) is 295 cm³/mol. The second-order valence-electron chi connectivity index (χ2n) is 19.7. The lowest BCUT2D eigenvalue weighted by molar-refractivity contribution is -0.870. The van der Waals surface area contributed by atoms with E-state index in [1.54, 1.807) is 0 Å². The molecule has 0 radical (unpaired) electrons. The molecule has 1 amide bonds. The van der Waals surface area contributed by atoms with Crippen LogP contribution in [-0.4, -0.2) is 74.3 Å². The molecule has 0 spiro atoms. The third-order valence-electron chi connectivity index (χ3n) is 11.9. The normalized spacial score (nSPS) is 14.5. The van der Waals surface area contributed by atoms with Crippen LogP contribution in [0.1, 0.15) is 226 Å². The number of hydrogen-bond acceptors (Lipinski definition) is 6. The van der Waals surface area contributed by atoms with E-state index in [9.17, 15) is 19.0 Å². The summed E-state index contributed by atoms with van der Waals surface area (Å²) >= 11 is 0. The monoisotopic (exact) mass is 986 g/mol. The highest BCUT2D eigenvalue weighted by molar-refractivity contribution is 7.47. The van der Waals surface area contributed by atoms with E-state index in [0.29, 0.717) is 17.4 Å². The molecule has 69 heavy (non-hydrogen) atoms. The van der Waals surface area contributed by atoms with Crippen LogP contribution in [0.2, 0.25) is 0 Å². The fourth-order valence-electron chi connectivity index (χ4n) is 7.55. The number of ether oxygens (including phenoxy) is 1. The molecule has 3 atom stereocenters. The first-order valence-electron chi connectivity index (χ1n) is 27.9. The standard InChI is InChI=1S/C59H105N2O7P/c1-7-10-13-16-19-22-25-27-28-29-30-31-32-34-36-39-42-45-48-51-58(62)60-56(55-67-69(64,65)66-54-53-61(4,5)6)57(50-47-44-41-38-35-24-21-18-15-12-9-3)68-59(63)52-49-46-43-40-37-33-26-23-20-17-14-11-8-2/h10,13,19,22,27-28,30-31,34,36,42,45,47,50,56-57H,7-9,11-12,14-18,20-21,23-26,29,32-33,35,37-41,43-44,46,48-49,51-55H2,1-6H3,(H-,60,62,64,65)/p+1/b13-10-,22-19-,28-27-,31-30-,36-34-,45-42-,50-47-. The van der Waals surface area contributed by atoms with Crippen LogP contribution >= 0.6 is 7.82 Å². The van der Waals surface area contributed by atoms with Gasteiger partial charge in [-0.05, 0) is 70.3 Å². The summed E-state index contributed by atoms with van der Waals surface area (Å²) in [6, 6.07) is -0.889. The molecule has 9 nitrogen and oxygen atoms in total. The maximum atomic E-state index is 13.4. The molecule has 0 aromatic heterocycles. The number of quaternary nitrogens is 1. The molecule has 0 fully saturated rings. The molecular weight excluding hydrogens is 880 g/mol. The molecule has 0 saturated heterocycles. The van der Waals surface area contributed by atoms with Gasteiger partial charge in [0.2, 0.25) is 5.91 Å². The molecule has 0 bridgehead atoms. The van der Waals surface area contributed by atoms with Gasteiger partial charge in [-0.2, -0.15) is 0 Å². The average Bonchev–Trinajstić information content (AvgIpc) is 3.31. The molecule has 0 heterocycles. The van der Waals surface area contributed by atoms with Crippen molar-refractivity contribution in [3.8, 4) is 0 Å². The van der Waals surface area contributed by atoms with Crippen molar-refractivity contribution in [2.24, 2.45) is 0 Å². The lowest BCUT2D eigenvalue weighted by atomic mass is 10.0. The molecule has 0 saturated carbocycles. The molecule has 2 N–H and O–H groups in total. The number of carbonyl (C=O) groups excluding carboxylic acids is 2. The van der Waals surface area contributed by atoms with Crippen LogP contribution < -0.4 is 5.32 Å². The fraction of sp³-hybridized carbons (Fsp3) is 0.729. The average molecular weight is 986 g/mol. The summed E-state index contributed by atoms with van der Waals surface area (Å²) in [5.74, 6) is -0.605. The Kier molecular flexibility index (Phi) is 46.8. The summed E-state index contributed by atoms with van der Waals surface area (Å²) in [6.07, 6.45) is 63.1. The van der Waals surface area contributed by atoms with E-state index in [4.69, 9.17) is 13.8 Å². The Bertz CT molecular complexity index is 1460. The molecule has 0 aliphatic rings. The highest BCUT2D eigenvalue weighted by Gasteiger charge is 2.30. The zero-order valence-electron chi connectivity index (χ0n) is 45.3. The van der Waals surface area contributed by atoms with Crippen LogP contribution in [0.15, 0.2) is 85.1 Å².